The first-order valence-electron chi connectivity index (χ1n) is 7.42. The molecule has 0 bridgehead atoms. The maximum Gasteiger partial charge on any atom is 0.274 e. The minimum absolute atomic E-state index is 0.0904. The van der Waals surface area contributed by atoms with Crippen molar-refractivity contribution >= 4 is 22.3 Å². The van der Waals surface area contributed by atoms with Gasteiger partial charge in [-0.25, -0.2) is 0 Å². The summed E-state index contributed by atoms with van der Waals surface area (Å²) in [5.74, 6) is 0.815. The Kier molecular flexibility index (Phi) is 3.31. The van der Waals surface area contributed by atoms with E-state index in [9.17, 15) is 4.79 Å². The van der Waals surface area contributed by atoms with E-state index in [1.54, 1.807) is 7.05 Å². The summed E-state index contributed by atoms with van der Waals surface area (Å²) in [7, 11) is 1.70. The Balaban J connectivity index is 1.91. The molecule has 7 heteroatoms. The van der Waals surface area contributed by atoms with Crippen molar-refractivity contribution in [2.45, 2.75) is 13.8 Å². The van der Waals surface area contributed by atoms with Crippen LogP contribution in [0.2, 0.25) is 0 Å². The Hall–Kier alpha value is -2.80. The molecular weight excluding hydrogens is 324 g/mol. The molecular formula is C17H14N4O2S. The number of nitrogens with zero attached hydrogens (tertiary/aromatic N) is 4. The number of benzene rings is 1. The molecule has 6 nitrogen and oxygen atoms in total. The van der Waals surface area contributed by atoms with Crippen LogP contribution in [0, 0.1) is 13.8 Å². The SMILES string of the molecule is Cc1nsc(C)c1-c1noc(-c2cc3ccccc3c(=O)n2C)n1. The number of hydrogen-bond donors (Lipinski definition) is 0. The summed E-state index contributed by atoms with van der Waals surface area (Å²) in [6.07, 6.45) is 0. The molecule has 1 aromatic carbocycles. The van der Waals surface area contributed by atoms with Gasteiger partial charge in [-0.1, -0.05) is 23.4 Å². The Morgan fingerprint density at radius 1 is 1.21 bits per heavy atom. The Morgan fingerprint density at radius 3 is 2.75 bits per heavy atom. The second-order valence-electron chi connectivity index (χ2n) is 5.60. The van der Waals surface area contributed by atoms with Crippen molar-refractivity contribution in [3.8, 4) is 23.0 Å². The van der Waals surface area contributed by atoms with Gasteiger partial charge in [-0.15, -0.1) is 0 Å². The van der Waals surface area contributed by atoms with E-state index in [2.05, 4.69) is 14.5 Å². The molecule has 4 aromatic rings. The van der Waals surface area contributed by atoms with Gasteiger partial charge < -0.3 is 9.09 Å². The van der Waals surface area contributed by atoms with Crippen molar-refractivity contribution in [1.82, 2.24) is 19.1 Å². The quantitative estimate of drug-likeness (QED) is 0.560. The molecule has 0 aliphatic carbocycles. The first-order valence-corrected chi connectivity index (χ1v) is 8.19. The summed E-state index contributed by atoms with van der Waals surface area (Å²) in [6.45, 7) is 3.89. The zero-order valence-corrected chi connectivity index (χ0v) is 14.2. The molecule has 0 radical (unpaired) electrons. The van der Waals surface area contributed by atoms with Crippen molar-refractivity contribution in [2.75, 3.05) is 0 Å². The van der Waals surface area contributed by atoms with E-state index < -0.39 is 0 Å². The minimum Gasteiger partial charge on any atom is -0.332 e. The standard InChI is InChI=1S/C17H14N4O2S/c1-9-14(10(2)24-20-9)15-18-16(23-19-15)13-8-11-6-4-5-7-12(11)17(22)21(13)3/h4-8H,1-3H3. The molecule has 24 heavy (non-hydrogen) atoms. The second-order valence-corrected chi connectivity index (χ2v) is 6.58. The van der Waals surface area contributed by atoms with Gasteiger partial charge in [0.25, 0.3) is 11.4 Å². The molecule has 0 saturated carbocycles. The highest BCUT2D eigenvalue weighted by Crippen LogP contribution is 2.29. The van der Waals surface area contributed by atoms with Gasteiger partial charge >= 0.3 is 0 Å². The highest BCUT2D eigenvalue weighted by Gasteiger charge is 2.19. The van der Waals surface area contributed by atoms with Crippen LogP contribution in [0.25, 0.3) is 33.7 Å². The van der Waals surface area contributed by atoms with E-state index in [4.69, 9.17) is 4.52 Å². The molecule has 3 aromatic heterocycles. The van der Waals surface area contributed by atoms with E-state index in [1.807, 2.05) is 44.2 Å². The Bertz CT molecular complexity index is 1100. The van der Waals surface area contributed by atoms with Crippen LogP contribution in [0.4, 0.5) is 0 Å². The van der Waals surface area contributed by atoms with Crippen molar-refractivity contribution in [3.63, 3.8) is 0 Å². The predicted molar refractivity (Wildman–Crippen MR) is 93.1 cm³/mol. The summed E-state index contributed by atoms with van der Waals surface area (Å²) in [5.41, 5.74) is 2.27. The molecule has 0 spiro atoms. The van der Waals surface area contributed by atoms with Gasteiger partial charge in [0.1, 0.15) is 5.69 Å². The number of pyridine rings is 1. The lowest BCUT2D eigenvalue weighted by Crippen LogP contribution is -2.18. The van der Waals surface area contributed by atoms with Crippen molar-refractivity contribution in [3.05, 3.63) is 51.3 Å². The molecule has 0 amide bonds. The summed E-state index contributed by atoms with van der Waals surface area (Å²) >= 11 is 1.41. The molecule has 0 fully saturated rings. The third kappa shape index (κ3) is 2.16. The van der Waals surface area contributed by atoms with Crippen molar-refractivity contribution < 1.29 is 4.52 Å². The van der Waals surface area contributed by atoms with E-state index in [0.717, 1.165) is 21.5 Å². The smallest absolute Gasteiger partial charge is 0.274 e. The summed E-state index contributed by atoms with van der Waals surface area (Å²) in [6, 6.07) is 9.34. The summed E-state index contributed by atoms with van der Waals surface area (Å²) in [5, 5.41) is 5.58. The molecule has 0 aliphatic heterocycles. The van der Waals surface area contributed by atoms with E-state index >= 15 is 0 Å². The average Bonchev–Trinajstić information content (AvgIpc) is 3.17. The lowest BCUT2D eigenvalue weighted by molar-refractivity contribution is 0.429. The van der Waals surface area contributed by atoms with Gasteiger partial charge in [0.05, 0.1) is 11.3 Å². The fourth-order valence-corrected chi connectivity index (χ4v) is 3.48. The number of rotatable bonds is 2. The zero-order chi connectivity index (χ0) is 16.8. The van der Waals surface area contributed by atoms with E-state index in [-0.39, 0.29) is 5.56 Å². The monoisotopic (exact) mass is 338 g/mol. The maximum atomic E-state index is 12.5. The van der Waals surface area contributed by atoms with Crippen LogP contribution in [0.3, 0.4) is 0 Å². The van der Waals surface area contributed by atoms with E-state index in [1.165, 1.54) is 16.1 Å². The van der Waals surface area contributed by atoms with Gasteiger partial charge in [0, 0.05) is 17.3 Å². The van der Waals surface area contributed by atoms with Crippen LogP contribution >= 0.6 is 11.5 Å². The minimum atomic E-state index is -0.0904. The molecule has 120 valence electrons. The fourth-order valence-electron chi connectivity index (χ4n) is 2.79. The van der Waals surface area contributed by atoms with Crippen LogP contribution in [0.5, 0.6) is 0 Å². The number of hydrogen-bond acceptors (Lipinski definition) is 6. The highest BCUT2D eigenvalue weighted by atomic mass is 32.1. The first kappa shape index (κ1) is 14.8. The molecule has 3 heterocycles. The van der Waals surface area contributed by atoms with Gasteiger partial charge in [-0.05, 0) is 42.9 Å². The summed E-state index contributed by atoms with van der Waals surface area (Å²) in [4.78, 5) is 18.0. The van der Waals surface area contributed by atoms with Crippen LogP contribution < -0.4 is 5.56 Å². The predicted octanol–water partition coefficient (Wildman–Crippen LogP) is 3.33. The fraction of sp³-hybridized carbons (Fsp3) is 0.176. The van der Waals surface area contributed by atoms with Crippen LogP contribution in [0.15, 0.2) is 39.6 Å². The van der Waals surface area contributed by atoms with Gasteiger partial charge in [-0.2, -0.15) is 9.36 Å². The Labute approximate surface area is 141 Å². The van der Waals surface area contributed by atoms with Crippen molar-refractivity contribution in [2.24, 2.45) is 7.05 Å². The van der Waals surface area contributed by atoms with Crippen LogP contribution in [-0.4, -0.2) is 19.1 Å². The largest absolute Gasteiger partial charge is 0.332 e. The molecule has 0 aliphatic rings. The van der Waals surface area contributed by atoms with Gasteiger partial charge in [0.2, 0.25) is 5.82 Å². The third-order valence-corrected chi connectivity index (χ3v) is 4.89. The van der Waals surface area contributed by atoms with Gasteiger partial charge in [-0.3, -0.25) is 4.79 Å². The molecule has 0 saturated heterocycles. The lowest BCUT2D eigenvalue weighted by Gasteiger charge is -2.06. The number of fused-ring (bicyclic) bond motifs is 1. The Morgan fingerprint density at radius 2 is 2.00 bits per heavy atom. The molecule has 0 unspecified atom stereocenters. The van der Waals surface area contributed by atoms with Crippen LogP contribution in [-0.2, 0) is 7.05 Å². The average molecular weight is 338 g/mol. The maximum absolute atomic E-state index is 12.5. The van der Waals surface area contributed by atoms with E-state index in [0.29, 0.717) is 22.8 Å². The topological polar surface area (TPSA) is 73.8 Å². The first-order chi connectivity index (χ1) is 11.6. The highest BCUT2D eigenvalue weighted by molar-refractivity contribution is 7.06. The lowest BCUT2D eigenvalue weighted by atomic mass is 10.1. The van der Waals surface area contributed by atoms with Gasteiger partial charge in [0.15, 0.2) is 0 Å². The second kappa shape index (κ2) is 5.38. The normalized spacial score (nSPS) is 11.3. The zero-order valence-electron chi connectivity index (χ0n) is 13.4. The van der Waals surface area contributed by atoms with Crippen molar-refractivity contribution in [1.29, 1.82) is 0 Å². The number of aromatic nitrogens is 4. The molecule has 0 N–H and O–H groups in total. The van der Waals surface area contributed by atoms with Crippen LogP contribution in [0.1, 0.15) is 10.6 Å². The molecule has 0 atom stereocenters. The molecule has 4 rings (SSSR count). The third-order valence-electron chi connectivity index (χ3n) is 4.05. The number of aryl methyl sites for hydroxylation is 2. The summed E-state index contributed by atoms with van der Waals surface area (Å²) < 4.78 is 11.3.